The van der Waals surface area contributed by atoms with Crippen molar-refractivity contribution in [2.45, 2.75) is 0 Å². The third-order valence-electron chi connectivity index (χ3n) is 2.54. The first-order valence-corrected chi connectivity index (χ1v) is 6.52. The van der Waals surface area contributed by atoms with Crippen LogP contribution in [0.3, 0.4) is 0 Å². The standard InChI is InChI=1S/C13H10N4OS/c18-13-15-11(10-6-7-19-12(10)16-13)17-14-8-9-4-2-1-3-5-9/h1-8H,(H2,15,16,17,18)/b14-8+. The van der Waals surface area contributed by atoms with Crippen LogP contribution in [0.15, 0.2) is 51.7 Å². The largest absolute Gasteiger partial charge is 0.347 e. The zero-order valence-electron chi connectivity index (χ0n) is 9.83. The Bertz CT molecular complexity index is 776. The van der Waals surface area contributed by atoms with Crippen LogP contribution in [0.5, 0.6) is 0 Å². The average molecular weight is 270 g/mol. The van der Waals surface area contributed by atoms with Gasteiger partial charge in [0.05, 0.1) is 11.6 Å². The maximum absolute atomic E-state index is 11.4. The van der Waals surface area contributed by atoms with Gasteiger partial charge in [0.15, 0.2) is 0 Å². The van der Waals surface area contributed by atoms with E-state index in [1.165, 1.54) is 11.3 Å². The number of nitrogens with one attached hydrogen (secondary N) is 2. The number of hydrogen-bond acceptors (Lipinski definition) is 5. The Kier molecular flexibility index (Phi) is 3.07. The maximum Gasteiger partial charge on any atom is 0.347 e. The third-order valence-corrected chi connectivity index (χ3v) is 3.35. The minimum absolute atomic E-state index is 0.382. The summed E-state index contributed by atoms with van der Waals surface area (Å²) in [4.78, 5) is 18.6. The van der Waals surface area contributed by atoms with E-state index in [0.717, 1.165) is 10.9 Å². The van der Waals surface area contributed by atoms with Crippen molar-refractivity contribution in [2.75, 3.05) is 5.43 Å². The van der Waals surface area contributed by atoms with Gasteiger partial charge >= 0.3 is 5.69 Å². The highest BCUT2D eigenvalue weighted by Gasteiger charge is 2.04. The average Bonchev–Trinajstić information content (AvgIpc) is 2.88. The summed E-state index contributed by atoms with van der Waals surface area (Å²) < 4.78 is 0. The predicted molar refractivity (Wildman–Crippen MR) is 77.9 cm³/mol. The topological polar surface area (TPSA) is 70.1 Å². The van der Waals surface area contributed by atoms with Crippen LogP contribution in [-0.2, 0) is 0 Å². The molecule has 6 heteroatoms. The van der Waals surface area contributed by atoms with Crippen molar-refractivity contribution in [3.63, 3.8) is 0 Å². The number of hydrogen-bond donors (Lipinski definition) is 2. The van der Waals surface area contributed by atoms with E-state index in [-0.39, 0.29) is 5.69 Å². The van der Waals surface area contributed by atoms with E-state index < -0.39 is 0 Å². The molecule has 3 aromatic rings. The van der Waals surface area contributed by atoms with Gasteiger partial charge in [0.2, 0.25) is 0 Å². The Labute approximate surface area is 112 Å². The zero-order valence-corrected chi connectivity index (χ0v) is 10.6. The first-order chi connectivity index (χ1) is 9.33. The van der Waals surface area contributed by atoms with Crippen LogP contribution in [0.4, 0.5) is 5.82 Å². The molecule has 2 heterocycles. The van der Waals surface area contributed by atoms with Crippen LogP contribution < -0.4 is 11.1 Å². The van der Waals surface area contributed by atoms with Gasteiger partial charge in [-0.1, -0.05) is 30.3 Å². The molecule has 0 atom stereocenters. The van der Waals surface area contributed by atoms with Gasteiger partial charge in [-0.2, -0.15) is 10.1 Å². The second kappa shape index (κ2) is 5.03. The summed E-state index contributed by atoms with van der Waals surface area (Å²) in [7, 11) is 0. The zero-order chi connectivity index (χ0) is 13.1. The molecule has 0 aliphatic carbocycles. The molecule has 0 unspecified atom stereocenters. The lowest BCUT2D eigenvalue weighted by atomic mass is 10.2. The summed E-state index contributed by atoms with van der Waals surface area (Å²) in [6.45, 7) is 0. The van der Waals surface area contributed by atoms with Crippen molar-refractivity contribution in [1.29, 1.82) is 0 Å². The van der Waals surface area contributed by atoms with Crippen LogP contribution in [0.2, 0.25) is 0 Å². The van der Waals surface area contributed by atoms with E-state index in [2.05, 4.69) is 20.5 Å². The van der Waals surface area contributed by atoms with Gasteiger partial charge in [0, 0.05) is 0 Å². The van der Waals surface area contributed by atoms with Crippen LogP contribution in [-0.4, -0.2) is 16.2 Å². The van der Waals surface area contributed by atoms with E-state index in [1.54, 1.807) is 6.21 Å². The molecular formula is C13H10N4OS. The SMILES string of the molecule is O=c1nc2sccc2c(N/N=C/c2ccccc2)[nH]1. The molecule has 0 amide bonds. The van der Waals surface area contributed by atoms with Crippen molar-refractivity contribution in [2.24, 2.45) is 5.10 Å². The fourth-order valence-electron chi connectivity index (χ4n) is 1.67. The van der Waals surface area contributed by atoms with Gasteiger partial charge in [-0.15, -0.1) is 11.3 Å². The highest BCUT2D eigenvalue weighted by Crippen LogP contribution is 2.22. The number of aromatic nitrogens is 2. The monoisotopic (exact) mass is 270 g/mol. The van der Waals surface area contributed by atoms with Gasteiger partial charge in [-0.05, 0) is 17.0 Å². The smallest absolute Gasteiger partial charge is 0.290 e. The maximum atomic E-state index is 11.4. The summed E-state index contributed by atoms with van der Waals surface area (Å²) in [5.74, 6) is 0.559. The summed E-state index contributed by atoms with van der Waals surface area (Å²) in [5, 5.41) is 6.86. The van der Waals surface area contributed by atoms with Crippen LogP contribution in [0.25, 0.3) is 10.2 Å². The van der Waals surface area contributed by atoms with E-state index >= 15 is 0 Å². The lowest BCUT2D eigenvalue weighted by molar-refractivity contribution is 1.11. The van der Waals surface area contributed by atoms with E-state index in [9.17, 15) is 4.79 Å². The van der Waals surface area contributed by atoms with Gasteiger partial charge in [-0.25, -0.2) is 4.79 Å². The number of hydrazone groups is 1. The van der Waals surface area contributed by atoms with Gasteiger partial charge in [0.25, 0.3) is 0 Å². The van der Waals surface area contributed by atoms with Gasteiger partial charge in [-0.3, -0.25) is 10.4 Å². The van der Waals surface area contributed by atoms with Crippen molar-refractivity contribution in [3.8, 4) is 0 Å². The van der Waals surface area contributed by atoms with Gasteiger partial charge < -0.3 is 0 Å². The van der Waals surface area contributed by atoms with Crippen molar-refractivity contribution in [3.05, 3.63) is 57.8 Å². The number of nitrogens with zero attached hydrogens (tertiary/aromatic N) is 2. The molecule has 5 nitrogen and oxygen atoms in total. The molecule has 1 aromatic carbocycles. The summed E-state index contributed by atoms with van der Waals surface area (Å²) in [5.41, 5.74) is 3.44. The van der Waals surface area contributed by atoms with Gasteiger partial charge in [0.1, 0.15) is 10.6 Å². The fourth-order valence-corrected chi connectivity index (χ4v) is 2.44. The quantitative estimate of drug-likeness (QED) is 0.567. The summed E-state index contributed by atoms with van der Waals surface area (Å²) >= 11 is 1.42. The molecule has 0 saturated carbocycles. The molecule has 0 bridgehead atoms. The third kappa shape index (κ3) is 2.53. The molecule has 0 radical (unpaired) electrons. The minimum atomic E-state index is -0.382. The Balaban J connectivity index is 1.88. The van der Waals surface area contributed by atoms with Crippen molar-refractivity contribution in [1.82, 2.24) is 9.97 Å². The Morgan fingerprint density at radius 3 is 2.95 bits per heavy atom. The van der Waals surface area contributed by atoms with E-state index in [1.807, 2.05) is 41.8 Å². The van der Waals surface area contributed by atoms with Crippen LogP contribution >= 0.6 is 11.3 Å². The Morgan fingerprint density at radius 1 is 1.26 bits per heavy atom. The first kappa shape index (κ1) is 11.6. The minimum Gasteiger partial charge on any atom is -0.290 e. The molecular weight excluding hydrogens is 260 g/mol. The number of thiophene rings is 1. The lowest BCUT2D eigenvalue weighted by Gasteiger charge is -2.00. The molecule has 0 saturated heterocycles. The first-order valence-electron chi connectivity index (χ1n) is 5.64. The summed E-state index contributed by atoms with van der Waals surface area (Å²) in [6, 6.07) is 11.6. The number of benzene rings is 1. The fraction of sp³-hybridized carbons (Fsp3) is 0. The molecule has 94 valence electrons. The lowest BCUT2D eigenvalue weighted by Crippen LogP contribution is -2.11. The normalized spacial score (nSPS) is 11.2. The second-order valence-corrected chi connectivity index (χ2v) is 4.73. The number of anilines is 1. The second-order valence-electron chi connectivity index (χ2n) is 3.84. The van der Waals surface area contributed by atoms with E-state index in [0.29, 0.717) is 10.6 Å². The van der Waals surface area contributed by atoms with Crippen LogP contribution in [0, 0.1) is 0 Å². The number of fused-ring (bicyclic) bond motifs is 1. The molecule has 0 spiro atoms. The number of rotatable bonds is 3. The Hall–Kier alpha value is -2.47. The van der Waals surface area contributed by atoms with Crippen molar-refractivity contribution >= 4 is 33.6 Å². The molecule has 0 fully saturated rings. The molecule has 0 aliphatic rings. The number of aromatic amines is 1. The summed E-state index contributed by atoms with van der Waals surface area (Å²) in [6.07, 6.45) is 1.69. The molecule has 2 aromatic heterocycles. The van der Waals surface area contributed by atoms with Crippen molar-refractivity contribution < 1.29 is 0 Å². The predicted octanol–water partition coefficient (Wildman–Crippen LogP) is 2.43. The Morgan fingerprint density at radius 2 is 2.11 bits per heavy atom. The van der Waals surface area contributed by atoms with E-state index in [4.69, 9.17) is 0 Å². The molecule has 3 rings (SSSR count). The molecule has 2 N–H and O–H groups in total. The highest BCUT2D eigenvalue weighted by molar-refractivity contribution is 7.16. The number of H-pyrrole nitrogens is 1. The molecule has 0 aliphatic heterocycles. The molecule has 19 heavy (non-hydrogen) atoms. The van der Waals surface area contributed by atoms with Crippen LogP contribution in [0.1, 0.15) is 5.56 Å². The highest BCUT2D eigenvalue weighted by atomic mass is 32.1.